The number of aliphatic hydroxyl groups excluding tert-OH is 1. The molecule has 16 heavy (non-hydrogen) atoms. The third-order valence-electron chi connectivity index (χ3n) is 3.26. The van der Waals surface area contributed by atoms with Crippen molar-refractivity contribution in [2.45, 2.75) is 38.7 Å². The van der Waals surface area contributed by atoms with Gasteiger partial charge in [0.1, 0.15) is 5.84 Å². The van der Waals surface area contributed by atoms with E-state index >= 15 is 0 Å². The van der Waals surface area contributed by atoms with Gasteiger partial charge in [-0.05, 0) is 31.7 Å². The molecule has 1 fully saturated rings. The Balaban J connectivity index is 2.15. The average molecular weight is 229 g/mol. The Morgan fingerprint density at radius 3 is 2.94 bits per heavy atom. The highest BCUT2D eigenvalue weighted by Gasteiger charge is 2.19. The van der Waals surface area contributed by atoms with Gasteiger partial charge >= 0.3 is 0 Å². The van der Waals surface area contributed by atoms with Crippen molar-refractivity contribution in [3.63, 3.8) is 0 Å². The number of amidine groups is 1. The minimum atomic E-state index is -0.123. The zero-order chi connectivity index (χ0) is 12.0. The van der Waals surface area contributed by atoms with Crippen LogP contribution in [0.3, 0.4) is 0 Å². The van der Waals surface area contributed by atoms with Gasteiger partial charge in [-0.15, -0.1) is 0 Å². The fraction of sp³-hybridized carbons (Fsp3) is 0.909. The van der Waals surface area contributed by atoms with E-state index in [1.165, 1.54) is 6.42 Å². The molecule has 0 bridgehead atoms. The molecular formula is C11H23N3O2. The quantitative estimate of drug-likeness (QED) is 0.239. The molecule has 0 aromatic carbocycles. The number of aliphatic hydroxyl groups is 1. The molecule has 0 heterocycles. The van der Waals surface area contributed by atoms with Crippen LogP contribution in [0.2, 0.25) is 0 Å². The first-order chi connectivity index (χ1) is 7.63. The van der Waals surface area contributed by atoms with Crippen molar-refractivity contribution in [2.24, 2.45) is 22.7 Å². The molecule has 94 valence electrons. The van der Waals surface area contributed by atoms with E-state index in [-0.39, 0.29) is 17.9 Å². The summed E-state index contributed by atoms with van der Waals surface area (Å²) < 4.78 is 0. The van der Waals surface area contributed by atoms with E-state index in [1.54, 1.807) is 0 Å². The molecule has 0 aliphatic heterocycles. The van der Waals surface area contributed by atoms with Crippen LogP contribution in [0, 0.1) is 11.8 Å². The van der Waals surface area contributed by atoms with Gasteiger partial charge in [0.15, 0.2) is 0 Å². The molecule has 3 unspecified atom stereocenters. The van der Waals surface area contributed by atoms with Gasteiger partial charge in [-0.3, -0.25) is 0 Å². The molecule has 0 saturated heterocycles. The molecule has 3 atom stereocenters. The predicted octanol–water partition coefficient (Wildman–Crippen LogP) is 0.510. The van der Waals surface area contributed by atoms with Gasteiger partial charge in [-0.1, -0.05) is 18.5 Å². The van der Waals surface area contributed by atoms with Crippen molar-refractivity contribution in [3.05, 3.63) is 0 Å². The second-order valence-corrected chi connectivity index (χ2v) is 4.77. The zero-order valence-electron chi connectivity index (χ0n) is 9.89. The highest BCUT2D eigenvalue weighted by Crippen LogP contribution is 2.23. The van der Waals surface area contributed by atoms with E-state index in [9.17, 15) is 5.11 Å². The standard InChI is InChI=1S/C11H23N3O2/c1-8(11(12)14-16)6-13-7-9-3-2-4-10(15)5-9/h8-10,13,15-16H,2-7H2,1H3,(H2,12,14). The molecule has 0 spiro atoms. The van der Waals surface area contributed by atoms with Crippen LogP contribution in [0.15, 0.2) is 5.16 Å². The van der Waals surface area contributed by atoms with E-state index in [4.69, 9.17) is 10.9 Å². The van der Waals surface area contributed by atoms with Crippen LogP contribution in [-0.4, -0.2) is 35.3 Å². The number of hydrogen-bond acceptors (Lipinski definition) is 4. The van der Waals surface area contributed by atoms with Crippen LogP contribution in [0.5, 0.6) is 0 Å². The Bertz CT molecular complexity index is 233. The van der Waals surface area contributed by atoms with Gasteiger partial charge in [0, 0.05) is 12.5 Å². The summed E-state index contributed by atoms with van der Waals surface area (Å²) in [6.07, 6.45) is 4.01. The van der Waals surface area contributed by atoms with Gasteiger partial charge in [0.25, 0.3) is 0 Å². The largest absolute Gasteiger partial charge is 0.409 e. The van der Waals surface area contributed by atoms with Crippen LogP contribution >= 0.6 is 0 Å². The zero-order valence-corrected chi connectivity index (χ0v) is 9.89. The fourth-order valence-electron chi connectivity index (χ4n) is 2.16. The number of oxime groups is 1. The first-order valence-corrected chi connectivity index (χ1v) is 5.99. The predicted molar refractivity (Wildman–Crippen MR) is 63.4 cm³/mol. The Kier molecular flexibility index (Phi) is 5.55. The average Bonchev–Trinajstić information content (AvgIpc) is 2.28. The molecule has 5 N–H and O–H groups in total. The number of rotatable bonds is 5. The summed E-state index contributed by atoms with van der Waals surface area (Å²) in [4.78, 5) is 0. The molecule has 0 aromatic rings. The lowest BCUT2D eigenvalue weighted by atomic mass is 9.87. The molecule has 1 saturated carbocycles. The lowest BCUT2D eigenvalue weighted by Gasteiger charge is -2.26. The van der Waals surface area contributed by atoms with Crippen molar-refractivity contribution >= 4 is 5.84 Å². The summed E-state index contributed by atoms with van der Waals surface area (Å²) in [5, 5.41) is 24.3. The summed E-state index contributed by atoms with van der Waals surface area (Å²) in [5.41, 5.74) is 5.48. The van der Waals surface area contributed by atoms with Crippen molar-refractivity contribution in [3.8, 4) is 0 Å². The van der Waals surface area contributed by atoms with E-state index in [2.05, 4.69) is 10.5 Å². The smallest absolute Gasteiger partial charge is 0.143 e. The lowest BCUT2D eigenvalue weighted by molar-refractivity contribution is 0.101. The molecule has 5 nitrogen and oxygen atoms in total. The SMILES string of the molecule is CC(CNCC1CCCC(O)C1)C(N)=NO. The maximum absolute atomic E-state index is 9.51. The number of nitrogens with one attached hydrogen (secondary N) is 1. The van der Waals surface area contributed by atoms with Crippen molar-refractivity contribution in [1.29, 1.82) is 0 Å². The van der Waals surface area contributed by atoms with Gasteiger partial charge < -0.3 is 21.4 Å². The van der Waals surface area contributed by atoms with Crippen LogP contribution in [0.25, 0.3) is 0 Å². The van der Waals surface area contributed by atoms with E-state index < -0.39 is 0 Å². The van der Waals surface area contributed by atoms with Gasteiger partial charge in [0.05, 0.1) is 6.10 Å². The van der Waals surface area contributed by atoms with Gasteiger partial charge in [0.2, 0.25) is 0 Å². The van der Waals surface area contributed by atoms with Crippen LogP contribution in [0.1, 0.15) is 32.6 Å². The van der Waals surface area contributed by atoms with Gasteiger partial charge in [-0.2, -0.15) is 0 Å². The van der Waals surface area contributed by atoms with Crippen molar-refractivity contribution in [1.82, 2.24) is 5.32 Å². The summed E-state index contributed by atoms with van der Waals surface area (Å²) in [6.45, 7) is 3.53. The number of nitrogens with two attached hydrogens (primary N) is 1. The maximum Gasteiger partial charge on any atom is 0.143 e. The Hall–Kier alpha value is -0.810. The first-order valence-electron chi connectivity index (χ1n) is 5.99. The Morgan fingerprint density at radius 1 is 1.56 bits per heavy atom. The molecular weight excluding hydrogens is 206 g/mol. The molecule has 0 aromatic heterocycles. The lowest BCUT2D eigenvalue weighted by Crippen LogP contribution is -2.35. The van der Waals surface area contributed by atoms with Crippen LogP contribution < -0.4 is 11.1 Å². The molecule has 1 aliphatic rings. The summed E-state index contributed by atoms with van der Waals surface area (Å²) in [5.74, 6) is 0.859. The number of hydrogen-bond donors (Lipinski definition) is 4. The topological polar surface area (TPSA) is 90.9 Å². The molecule has 1 rings (SSSR count). The third kappa shape index (κ3) is 4.37. The number of nitrogens with zero attached hydrogens (tertiary/aromatic N) is 1. The Morgan fingerprint density at radius 2 is 2.31 bits per heavy atom. The van der Waals surface area contributed by atoms with Crippen molar-refractivity contribution in [2.75, 3.05) is 13.1 Å². The highest BCUT2D eigenvalue weighted by atomic mass is 16.4. The van der Waals surface area contributed by atoms with E-state index in [0.29, 0.717) is 12.5 Å². The van der Waals surface area contributed by atoms with E-state index in [0.717, 1.165) is 25.8 Å². The Labute approximate surface area is 96.7 Å². The fourth-order valence-corrected chi connectivity index (χ4v) is 2.16. The normalized spacial score (nSPS) is 29.0. The summed E-state index contributed by atoms with van der Waals surface area (Å²) in [7, 11) is 0. The molecule has 0 radical (unpaired) electrons. The second-order valence-electron chi connectivity index (χ2n) is 4.77. The van der Waals surface area contributed by atoms with Crippen LogP contribution in [0.4, 0.5) is 0 Å². The first kappa shape index (κ1) is 13.3. The molecule has 0 amide bonds. The minimum absolute atomic E-state index is 0.0403. The monoisotopic (exact) mass is 229 g/mol. The van der Waals surface area contributed by atoms with Gasteiger partial charge in [-0.25, -0.2) is 0 Å². The van der Waals surface area contributed by atoms with E-state index in [1.807, 2.05) is 6.92 Å². The van der Waals surface area contributed by atoms with Crippen molar-refractivity contribution < 1.29 is 10.3 Å². The molecule has 1 aliphatic carbocycles. The van der Waals surface area contributed by atoms with Crippen LogP contribution in [-0.2, 0) is 0 Å². The summed E-state index contributed by atoms with van der Waals surface area (Å²) >= 11 is 0. The third-order valence-corrected chi connectivity index (χ3v) is 3.26. The second kappa shape index (κ2) is 6.70. The molecule has 5 heteroatoms. The minimum Gasteiger partial charge on any atom is -0.409 e. The maximum atomic E-state index is 9.51. The summed E-state index contributed by atoms with van der Waals surface area (Å²) in [6, 6.07) is 0. The highest BCUT2D eigenvalue weighted by molar-refractivity contribution is 5.82.